The van der Waals surface area contributed by atoms with Crippen LogP contribution in [0.5, 0.6) is 0 Å². The predicted molar refractivity (Wildman–Crippen MR) is 50.1 cm³/mol. The summed E-state index contributed by atoms with van der Waals surface area (Å²) in [6.45, 7) is 4.41. The van der Waals surface area contributed by atoms with Crippen LogP contribution in [0.3, 0.4) is 0 Å². The third kappa shape index (κ3) is 0.773. The second-order valence-corrected chi connectivity index (χ2v) is 5.65. The van der Waals surface area contributed by atoms with E-state index in [1.807, 2.05) is 0 Å². The predicted octanol–water partition coefficient (Wildman–Crippen LogP) is 1.70. The normalized spacial score (nSPS) is 50.8. The number of rotatable bonds is 0. The highest BCUT2D eigenvalue weighted by molar-refractivity contribution is 5.81. The minimum Gasteiger partial charge on any atom is -0.351 e. The van der Waals surface area contributed by atoms with Crippen molar-refractivity contribution < 1.29 is 4.79 Å². The Balaban J connectivity index is 2.01. The van der Waals surface area contributed by atoms with Gasteiger partial charge in [-0.2, -0.15) is 0 Å². The summed E-state index contributed by atoms with van der Waals surface area (Å²) >= 11 is 0. The first kappa shape index (κ1) is 7.84. The average molecular weight is 179 g/mol. The van der Waals surface area contributed by atoms with Crippen LogP contribution in [0.4, 0.5) is 0 Å². The van der Waals surface area contributed by atoms with E-state index >= 15 is 0 Å². The van der Waals surface area contributed by atoms with Gasteiger partial charge in [-0.1, -0.05) is 0 Å². The van der Waals surface area contributed by atoms with Crippen LogP contribution in [0.15, 0.2) is 0 Å². The second kappa shape index (κ2) is 1.94. The molecule has 1 aliphatic heterocycles. The smallest absolute Gasteiger partial charge is 0.221 e. The molecule has 3 aliphatic rings. The van der Waals surface area contributed by atoms with Gasteiger partial charge in [0.1, 0.15) is 0 Å². The zero-order valence-corrected chi connectivity index (χ0v) is 8.39. The molecule has 1 amide bonds. The van der Waals surface area contributed by atoms with E-state index in [9.17, 15) is 4.79 Å². The van der Waals surface area contributed by atoms with Crippen LogP contribution in [-0.4, -0.2) is 11.4 Å². The Morgan fingerprint density at radius 1 is 1.46 bits per heavy atom. The summed E-state index contributed by atoms with van der Waals surface area (Å²) in [4.78, 5) is 11.5. The van der Waals surface area contributed by atoms with Gasteiger partial charge in [0.05, 0.1) is 0 Å². The number of hydrogen-bond donors (Lipinski definition) is 1. The largest absolute Gasteiger partial charge is 0.351 e. The molecule has 2 aliphatic carbocycles. The van der Waals surface area contributed by atoms with Crippen molar-refractivity contribution in [1.29, 1.82) is 0 Å². The van der Waals surface area contributed by atoms with Gasteiger partial charge in [-0.25, -0.2) is 0 Å². The fourth-order valence-corrected chi connectivity index (χ4v) is 3.89. The lowest BCUT2D eigenvalue weighted by atomic mass is 9.68. The lowest BCUT2D eigenvalue weighted by molar-refractivity contribution is -0.120. The van der Waals surface area contributed by atoms with Crippen molar-refractivity contribution in [2.75, 3.05) is 0 Å². The van der Waals surface area contributed by atoms with Gasteiger partial charge in [-0.15, -0.1) is 0 Å². The summed E-state index contributed by atoms with van der Waals surface area (Å²) in [5.74, 6) is 2.10. The van der Waals surface area contributed by atoms with Crippen molar-refractivity contribution in [3.63, 3.8) is 0 Å². The quantitative estimate of drug-likeness (QED) is 0.602. The van der Waals surface area contributed by atoms with Gasteiger partial charge in [0.15, 0.2) is 0 Å². The monoisotopic (exact) mass is 179 g/mol. The standard InChI is InChI=1S/C11H17NO/c1-10(2)11(6-9(13)12-10)4-3-7-5-8(7)11/h7-8H,3-6H2,1-2H3,(H,12,13). The fraction of sp³-hybridized carbons (Fsp3) is 0.909. The molecule has 0 aromatic rings. The van der Waals surface area contributed by atoms with E-state index in [-0.39, 0.29) is 11.4 Å². The molecule has 0 radical (unpaired) electrons. The molecule has 13 heavy (non-hydrogen) atoms. The number of carbonyl (C=O) groups is 1. The summed E-state index contributed by atoms with van der Waals surface area (Å²) in [6.07, 6.45) is 4.82. The number of carbonyl (C=O) groups excluding carboxylic acids is 1. The Kier molecular flexibility index (Phi) is 1.17. The lowest BCUT2D eigenvalue weighted by Gasteiger charge is -2.38. The van der Waals surface area contributed by atoms with Crippen LogP contribution in [0.2, 0.25) is 0 Å². The highest BCUT2D eigenvalue weighted by Gasteiger charge is 2.66. The minimum absolute atomic E-state index is 0.0556. The lowest BCUT2D eigenvalue weighted by Crippen LogP contribution is -2.47. The van der Waals surface area contributed by atoms with Gasteiger partial charge in [0.25, 0.3) is 0 Å². The van der Waals surface area contributed by atoms with Gasteiger partial charge < -0.3 is 5.32 Å². The highest BCUT2D eigenvalue weighted by Crippen LogP contribution is 2.68. The molecule has 3 atom stereocenters. The van der Waals surface area contributed by atoms with E-state index in [4.69, 9.17) is 0 Å². The molecule has 0 aromatic heterocycles. The van der Waals surface area contributed by atoms with Gasteiger partial charge in [-0.3, -0.25) is 4.79 Å². The van der Waals surface area contributed by atoms with E-state index < -0.39 is 0 Å². The highest BCUT2D eigenvalue weighted by atomic mass is 16.2. The van der Waals surface area contributed by atoms with Crippen LogP contribution in [0.25, 0.3) is 0 Å². The van der Waals surface area contributed by atoms with Crippen molar-refractivity contribution in [3.05, 3.63) is 0 Å². The average Bonchev–Trinajstić information content (AvgIpc) is 2.64. The molecule has 1 heterocycles. The maximum absolute atomic E-state index is 11.5. The fourth-order valence-electron chi connectivity index (χ4n) is 3.89. The zero-order valence-electron chi connectivity index (χ0n) is 8.39. The molecule has 2 saturated carbocycles. The molecule has 0 bridgehead atoms. The van der Waals surface area contributed by atoms with Gasteiger partial charge in [0.2, 0.25) is 5.91 Å². The van der Waals surface area contributed by atoms with E-state index in [0.717, 1.165) is 18.3 Å². The summed E-state index contributed by atoms with van der Waals surface area (Å²) < 4.78 is 0. The van der Waals surface area contributed by atoms with Gasteiger partial charge in [-0.05, 0) is 44.9 Å². The van der Waals surface area contributed by atoms with Crippen molar-refractivity contribution in [2.24, 2.45) is 17.3 Å². The number of nitrogens with one attached hydrogen (secondary N) is 1. The molecular weight excluding hydrogens is 162 g/mol. The van der Waals surface area contributed by atoms with Crippen LogP contribution in [-0.2, 0) is 4.79 Å². The number of amides is 1. The molecular formula is C11H17NO. The van der Waals surface area contributed by atoms with Crippen molar-refractivity contribution >= 4 is 5.91 Å². The maximum Gasteiger partial charge on any atom is 0.221 e. The third-order valence-electron chi connectivity index (χ3n) is 4.77. The Hall–Kier alpha value is -0.530. The molecule has 0 aromatic carbocycles. The van der Waals surface area contributed by atoms with Crippen LogP contribution >= 0.6 is 0 Å². The van der Waals surface area contributed by atoms with Crippen molar-refractivity contribution in [1.82, 2.24) is 5.32 Å². The first-order valence-electron chi connectivity index (χ1n) is 5.36. The third-order valence-corrected chi connectivity index (χ3v) is 4.77. The Morgan fingerprint density at radius 3 is 2.62 bits per heavy atom. The molecule has 3 unspecified atom stereocenters. The zero-order chi connectivity index (χ0) is 9.27. The number of hydrogen-bond acceptors (Lipinski definition) is 1. The first-order chi connectivity index (χ1) is 6.05. The summed E-state index contributed by atoms with van der Waals surface area (Å²) in [5.41, 5.74) is 0.384. The minimum atomic E-state index is 0.0556. The SMILES string of the molecule is CC1(C)NC(=O)CC12CCC1CC12. The Labute approximate surface area is 79.1 Å². The Morgan fingerprint density at radius 2 is 2.23 bits per heavy atom. The molecule has 1 N–H and O–H groups in total. The van der Waals surface area contributed by atoms with Gasteiger partial charge >= 0.3 is 0 Å². The summed E-state index contributed by atoms with van der Waals surface area (Å²) in [7, 11) is 0. The molecule has 1 spiro atoms. The van der Waals surface area contributed by atoms with Crippen LogP contribution in [0, 0.1) is 17.3 Å². The van der Waals surface area contributed by atoms with Gasteiger partial charge in [0, 0.05) is 17.4 Å². The van der Waals surface area contributed by atoms with E-state index in [1.54, 1.807) is 0 Å². The maximum atomic E-state index is 11.5. The second-order valence-electron chi connectivity index (χ2n) is 5.65. The number of fused-ring (bicyclic) bond motifs is 2. The van der Waals surface area contributed by atoms with Crippen molar-refractivity contribution in [3.8, 4) is 0 Å². The van der Waals surface area contributed by atoms with E-state index in [0.29, 0.717) is 5.41 Å². The topological polar surface area (TPSA) is 29.1 Å². The molecule has 2 nitrogen and oxygen atoms in total. The molecule has 72 valence electrons. The summed E-state index contributed by atoms with van der Waals surface area (Å²) in [6, 6.07) is 0. The van der Waals surface area contributed by atoms with Crippen molar-refractivity contribution in [2.45, 2.75) is 45.1 Å². The van der Waals surface area contributed by atoms with E-state index in [2.05, 4.69) is 19.2 Å². The molecule has 1 saturated heterocycles. The van der Waals surface area contributed by atoms with E-state index in [1.165, 1.54) is 19.3 Å². The Bertz CT molecular complexity index is 284. The summed E-state index contributed by atoms with van der Waals surface area (Å²) in [5, 5.41) is 3.14. The van der Waals surface area contributed by atoms with Crippen LogP contribution in [0.1, 0.15) is 39.5 Å². The molecule has 3 rings (SSSR count). The molecule has 3 fully saturated rings. The molecule has 2 heteroatoms. The first-order valence-corrected chi connectivity index (χ1v) is 5.36. The van der Waals surface area contributed by atoms with Crippen LogP contribution < -0.4 is 5.32 Å².